The van der Waals surface area contributed by atoms with Crippen molar-refractivity contribution in [1.82, 2.24) is 10.6 Å². The molecule has 0 spiro atoms. The monoisotopic (exact) mass is 302 g/mol. The molecule has 0 aliphatic rings. The maximum absolute atomic E-state index is 11.5. The van der Waals surface area contributed by atoms with Gasteiger partial charge in [-0.25, -0.2) is 0 Å². The quantitative estimate of drug-likeness (QED) is 0.458. The number of hydrogen-bond donors (Lipinski definition) is 3. The van der Waals surface area contributed by atoms with Gasteiger partial charge in [-0.05, 0) is 31.9 Å². The minimum Gasteiger partial charge on any atom is -0.392 e. The van der Waals surface area contributed by atoms with Gasteiger partial charge >= 0.3 is 0 Å². The number of benzene rings is 1. The molecule has 0 unspecified atom stereocenters. The van der Waals surface area contributed by atoms with Crippen LogP contribution in [-0.4, -0.2) is 37.3 Å². The van der Waals surface area contributed by atoms with Gasteiger partial charge in [0.05, 0.1) is 6.61 Å². The van der Waals surface area contributed by atoms with E-state index in [1.165, 1.54) is 11.6 Å². The zero-order valence-corrected chi connectivity index (χ0v) is 13.2. The molecule has 1 aromatic carbocycles. The molecule has 22 heavy (non-hydrogen) atoms. The van der Waals surface area contributed by atoms with E-state index in [0.717, 1.165) is 25.9 Å². The fourth-order valence-electron chi connectivity index (χ4n) is 1.89. The zero-order chi connectivity index (χ0) is 16.0. The lowest BCUT2D eigenvalue weighted by Crippen LogP contribution is -2.26. The lowest BCUT2D eigenvalue weighted by Gasteiger charge is -2.05. The Labute approximate surface area is 132 Å². The number of unbranched alkanes of at least 4 members (excludes halogenated alkanes) is 1. The summed E-state index contributed by atoms with van der Waals surface area (Å²) in [6, 6.07) is 10.2. The first-order valence-corrected chi connectivity index (χ1v) is 7.72. The predicted octanol–water partition coefficient (Wildman–Crippen LogP) is 2.12. The molecule has 120 valence electrons. The molecule has 0 saturated heterocycles. The van der Waals surface area contributed by atoms with E-state index in [1.807, 2.05) is 18.2 Å². The molecule has 1 aromatic rings. The van der Waals surface area contributed by atoms with Crippen molar-refractivity contribution in [2.24, 2.45) is 0 Å². The van der Waals surface area contributed by atoms with Crippen molar-refractivity contribution < 1.29 is 9.90 Å². The van der Waals surface area contributed by atoms with Crippen LogP contribution in [0.25, 0.3) is 6.08 Å². The third kappa shape index (κ3) is 8.39. The summed E-state index contributed by atoms with van der Waals surface area (Å²) in [6.45, 7) is 4.04. The Morgan fingerprint density at radius 2 is 1.91 bits per heavy atom. The van der Waals surface area contributed by atoms with Crippen LogP contribution < -0.4 is 10.6 Å². The van der Waals surface area contributed by atoms with Gasteiger partial charge in [0.25, 0.3) is 0 Å². The summed E-state index contributed by atoms with van der Waals surface area (Å²) in [7, 11) is 0. The highest BCUT2D eigenvalue weighted by Crippen LogP contribution is 2.00. The molecular weight excluding hydrogens is 276 g/mol. The van der Waals surface area contributed by atoms with Gasteiger partial charge < -0.3 is 15.7 Å². The first kappa shape index (κ1) is 18.1. The summed E-state index contributed by atoms with van der Waals surface area (Å²) < 4.78 is 0. The van der Waals surface area contributed by atoms with Crippen molar-refractivity contribution in [2.75, 3.05) is 26.2 Å². The second-order valence-electron chi connectivity index (χ2n) is 5.05. The largest absolute Gasteiger partial charge is 0.392 e. The normalized spacial score (nSPS) is 11.8. The van der Waals surface area contributed by atoms with Crippen LogP contribution in [0.3, 0.4) is 0 Å². The highest BCUT2D eigenvalue weighted by atomic mass is 16.2. The molecule has 0 fully saturated rings. The van der Waals surface area contributed by atoms with Gasteiger partial charge in [-0.2, -0.15) is 0 Å². The average molecular weight is 302 g/mol. The number of amides is 1. The van der Waals surface area contributed by atoms with Crippen molar-refractivity contribution in [1.29, 1.82) is 0 Å². The minimum atomic E-state index is -0.104. The van der Waals surface area contributed by atoms with E-state index < -0.39 is 0 Å². The van der Waals surface area contributed by atoms with Crippen LogP contribution in [0.4, 0.5) is 0 Å². The van der Waals surface area contributed by atoms with Gasteiger partial charge in [-0.15, -0.1) is 0 Å². The van der Waals surface area contributed by atoms with Crippen molar-refractivity contribution in [3.8, 4) is 0 Å². The Balaban J connectivity index is 1.99. The maximum atomic E-state index is 11.5. The van der Waals surface area contributed by atoms with Gasteiger partial charge in [-0.1, -0.05) is 48.6 Å². The van der Waals surface area contributed by atoms with E-state index in [0.29, 0.717) is 12.1 Å². The van der Waals surface area contributed by atoms with Crippen LogP contribution in [-0.2, 0) is 4.79 Å². The molecule has 0 aliphatic heterocycles. The first-order valence-electron chi connectivity index (χ1n) is 7.72. The summed E-state index contributed by atoms with van der Waals surface area (Å²) in [6.07, 6.45) is 7.68. The molecule has 0 heterocycles. The molecule has 0 saturated carbocycles. The van der Waals surface area contributed by atoms with E-state index in [-0.39, 0.29) is 12.5 Å². The molecule has 1 rings (SSSR count). The van der Waals surface area contributed by atoms with Crippen molar-refractivity contribution in [2.45, 2.75) is 19.8 Å². The predicted molar refractivity (Wildman–Crippen MR) is 91.4 cm³/mol. The lowest BCUT2D eigenvalue weighted by molar-refractivity contribution is -0.117. The van der Waals surface area contributed by atoms with E-state index in [9.17, 15) is 4.79 Å². The second kappa shape index (κ2) is 11.7. The average Bonchev–Trinajstić information content (AvgIpc) is 2.54. The third-order valence-corrected chi connectivity index (χ3v) is 3.19. The fourth-order valence-corrected chi connectivity index (χ4v) is 1.89. The van der Waals surface area contributed by atoms with Crippen LogP contribution in [0.15, 0.2) is 48.1 Å². The number of carbonyl (C=O) groups is 1. The molecule has 0 atom stereocenters. The highest BCUT2D eigenvalue weighted by molar-refractivity contribution is 5.92. The molecule has 0 radical (unpaired) electrons. The van der Waals surface area contributed by atoms with Gasteiger partial charge in [0.2, 0.25) is 5.91 Å². The fraction of sp³-hybridized carbons (Fsp3) is 0.389. The highest BCUT2D eigenvalue weighted by Gasteiger charge is 2.01. The number of nitrogens with one attached hydrogen (secondary N) is 2. The summed E-state index contributed by atoms with van der Waals surface area (Å²) in [4.78, 5) is 11.5. The van der Waals surface area contributed by atoms with Crippen LogP contribution in [0.5, 0.6) is 0 Å². The van der Waals surface area contributed by atoms with Crippen molar-refractivity contribution >= 4 is 12.0 Å². The van der Waals surface area contributed by atoms with Gasteiger partial charge in [0.15, 0.2) is 0 Å². The SMILES string of the molecule is C/C(=C\CO)C(=O)NCCCCNCC=Cc1ccccc1. The zero-order valence-electron chi connectivity index (χ0n) is 13.2. The van der Waals surface area contributed by atoms with E-state index in [1.54, 1.807) is 6.92 Å². The number of aliphatic hydroxyl groups excluding tert-OH is 1. The smallest absolute Gasteiger partial charge is 0.246 e. The molecule has 0 aliphatic carbocycles. The van der Waals surface area contributed by atoms with Gasteiger partial charge in [0.1, 0.15) is 0 Å². The van der Waals surface area contributed by atoms with E-state index in [2.05, 4.69) is 34.9 Å². The van der Waals surface area contributed by atoms with Crippen LogP contribution in [0.2, 0.25) is 0 Å². The summed E-state index contributed by atoms with van der Waals surface area (Å²) in [5.41, 5.74) is 1.77. The van der Waals surface area contributed by atoms with E-state index in [4.69, 9.17) is 5.11 Å². The molecule has 0 bridgehead atoms. The Kier molecular flexibility index (Phi) is 9.66. The Hall–Kier alpha value is -1.91. The summed E-state index contributed by atoms with van der Waals surface area (Å²) in [5, 5.41) is 14.9. The number of aliphatic hydroxyl groups is 1. The number of hydrogen-bond acceptors (Lipinski definition) is 3. The lowest BCUT2D eigenvalue weighted by atomic mass is 10.2. The first-order chi connectivity index (χ1) is 10.7. The van der Waals surface area contributed by atoms with Crippen molar-refractivity contribution in [3.63, 3.8) is 0 Å². The summed E-state index contributed by atoms with van der Waals surface area (Å²) in [5.74, 6) is -0.104. The van der Waals surface area contributed by atoms with Crippen LogP contribution in [0.1, 0.15) is 25.3 Å². The number of rotatable bonds is 10. The minimum absolute atomic E-state index is 0.0975. The summed E-state index contributed by atoms with van der Waals surface area (Å²) >= 11 is 0. The van der Waals surface area contributed by atoms with Crippen LogP contribution in [0, 0.1) is 0 Å². The second-order valence-corrected chi connectivity index (χ2v) is 5.05. The van der Waals surface area contributed by atoms with Gasteiger partial charge in [-0.3, -0.25) is 4.79 Å². The molecule has 4 heteroatoms. The third-order valence-electron chi connectivity index (χ3n) is 3.19. The maximum Gasteiger partial charge on any atom is 0.246 e. The number of carbonyl (C=O) groups excluding carboxylic acids is 1. The molecule has 1 amide bonds. The molecular formula is C18H26N2O2. The Morgan fingerprint density at radius 3 is 2.64 bits per heavy atom. The standard InChI is InChI=1S/C18H26N2O2/c1-16(11-15-21)18(22)20-14-6-5-12-19-13-7-10-17-8-3-2-4-9-17/h2-4,7-11,19,21H,5-6,12-15H2,1H3,(H,20,22)/b10-7?,16-11+. The van der Waals surface area contributed by atoms with Crippen LogP contribution >= 0.6 is 0 Å². The topological polar surface area (TPSA) is 61.4 Å². The Bertz CT molecular complexity index is 481. The van der Waals surface area contributed by atoms with Gasteiger partial charge in [0, 0.05) is 18.7 Å². The Morgan fingerprint density at radius 1 is 1.18 bits per heavy atom. The van der Waals surface area contributed by atoms with Crippen molar-refractivity contribution in [3.05, 3.63) is 53.6 Å². The molecule has 4 nitrogen and oxygen atoms in total. The molecule has 3 N–H and O–H groups in total. The molecule has 0 aromatic heterocycles. The van der Waals surface area contributed by atoms with E-state index >= 15 is 0 Å².